The van der Waals surface area contributed by atoms with Crippen LogP contribution in [-0.4, -0.2) is 8.07 Å². The molecule has 0 spiro atoms. The van der Waals surface area contributed by atoms with Crippen LogP contribution in [0.2, 0.25) is 19.6 Å². The first-order valence-electron chi connectivity index (χ1n) is 7.44. The lowest BCUT2D eigenvalue weighted by Gasteiger charge is -2.17. The highest BCUT2D eigenvalue weighted by atomic mass is 28.3. The summed E-state index contributed by atoms with van der Waals surface area (Å²) in [5.74, 6) is -0.811. The van der Waals surface area contributed by atoms with Crippen LogP contribution < -0.4 is 5.19 Å². The Morgan fingerprint density at radius 3 is 1.95 bits per heavy atom. The van der Waals surface area contributed by atoms with Gasteiger partial charge in [-0.3, -0.25) is 0 Å². The quantitative estimate of drug-likeness (QED) is 0.521. The Bertz CT molecular complexity index is 707. The van der Waals surface area contributed by atoms with E-state index in [1.807, 2.05) is 13.8 Å². The molecule has 0 atom stereocenters. The van der Waals surface area contributed by atoms with Crippen molar-refractivity contribution in [1.29, 1.82) is 0 Å². The number of benzene rings is 2. The summed E-state index contributed by atoms with van der Waals surface area (Å²) in [6.45, 7) is 10.7. The molecule has 22 heavy (non-hydrogen) atoms. The molecule has 3 heteroatoms. The van der Waals surface area contributed by atoms with Gasteiger partial charge in [0.1, 0.15) is 11.6 Å². The molecule has 0 saturated heterocycles. The minimum Gasteiger partial charge on any atom is -0.207 e. The zero-order valence-electron chi connectivity index (χ0n) is 13.8. The standard InChI is InChI=1S/C19H22F2Si/c1-13(14(2)18-12-16(20)8-11-19(18)21)15-6-9-17(10-7-15)22(3,4)5/h6-12H,1-5H3/b14-13-. The summed E-state index contributed by atoms with van der Waals surface area (Å²) >= 11 is 0. The molecule has 0 saturated carbocycles. The third kappa shape index (κ3) is 3.53. The molecular weight excluding hydrogens is 294 g/mol. The molecule has 0 aliphatic carbocycles. The zero-order valence-corrected chi connectivity index (χ0v) is 14.8. The molecule has 2 aromatic carbocycles. The maximum atomic E-state index is 13.9. The molecule has 2 rings (SSSR count). The minimum atomic E-state index is -1.32. The minimum absolute atomic E-state index is 0.326. The Morgan fingerprint density at radius 1 is 0.818 bits per heavy atom. The van der Waals surface area contributed by atoms with E-state index >= 15 is 0 Å². The van der Waals surface area contributed by atoms with Crippen LogP contribution >= 0.6 is 0 Å². The average Bonchev–Trinajstić information content (AvgIpc) is 2.47. The van der Waals surface area contributed by atoms with E-state index in [0.717, 1.165) is 22.8 Å². The smallest absolute Gasteiger partial charge is 0.130 e. The molecule has 0 aliphatic heterocycles. The highest BCUT2D eigenvalue weighted by molar-refractivity contribution is 6.88. The van der Waals surface area contributed by atoms with Crippen LogP contribution in [0.15, 0.2) is 42.5 Å². The van der Waals surface area contributed by atoms with Crippen LogP contribution in [0, 0.1) is 11.6 Å². The highest BCUT2D eigenvalue weighted by Crippen LogP contribution is 2.27. The first-order chi connectivity index (χ1) is 10.2. The number of rotatable bonds is 3. The number of hydrogen-bond donors (Lipinski definition) is 0. The number of halogens is 2. The summed E-state index contributed by atoms with van der Waals surface area (Å²) in [6, 6.07) is 12.0. The lowest BCUT2D eigenvalue weighted by Crippen LogP contribution is -2.37. The van der Waals surface area contributed by atoms with Crippen molar-refractivity contribution < 1.29 is 8.78 Å². The van der Waals surface area contributed by atoms with Gasteiger partial charge in [0, 0.05) is 5.56 Å². The largest absolute Gasteiger partial charge is 0.207 e. The van der Waals surface area contributed by atoms with Crippen molar-refractivity contribution in [3.8, 4) is 0 Å². The van der Waals surface area contributed by atoms with E-state index in [1.54, 1.807) is 0 Å². The van der Waals surface area contributed by atoms with E-state index in [2.05, 4.69) is 43.9 Å². The average molecular weight is 316 g/mol. The van der Waals surface area contributed by atoms with Crippen molar-refractivity contribution in [1.82, 2.24) is 0 Å². The number of allylic oxidation sites excluding steroid dienone is 2. The molecule has 0 aliphatic rings. The maximum Gasteiger partial charge on any atom is 0.130 e. The Morgan fingerprint density at radius 2 is 1.41 bits per heavy atom. The lowest BCUT2D eigenvalue weighted by molar-refractivity contribution is 0.597. The van der Waals surface area contributed by atoms with Crippen molar-refractivity contribution in [3.63, 3.8) is 0 Å². The molecule has 0 nitrogen and oxygen atoms in total. The van der Waals surface area contributed by atoms with E-state index in [-0.39, 0.29) is 0 Å². The van der Waals surface area contributed by atoms with E-state index in [9.17, 15) is 8.78 Å². The van der Waals surface area contributed by atoms with Crippen molar-refractivity contribution in [2.45, 2.75) is 33.5 Å². The van der Waals surface area contributed by atoms with Crippen LogP contribution in [0.1, 0.15) is 25.0 Å². The van der Waals surface area contributed by atoms with Gasteiger partial charge < -0.3 is 0 Å². The first-order valence-corrected chi connectivity index (χ1v) is 10.9. The molecule has 0 unspecified atom stereocenters. The highest BCUT2D eigenvalue weighted by Gasteiger charge is 2.16. The summed E-state index contributed by atoms with van der Waals surface area (Å²) < 4.78 is 27.3. The van der Waals surface area contributed by atoms with Gasteiger partial charge in [0.25, 0.3) is 0 Å². The molecule has 0 radical (unpaired) electrons. The van der Waals surface area contributed by atoms with E-state index in [4.69, 9.17) is 0 Å². The topological polar surface area (TPSA) is 0 Å². The molecule has 0 amide bonds. The van der Waals surface area contributed by atoms with Crippen LogP contribution in [0.5, 0.6) is 0 Å². The van der Waals surface area contributed by atoms with Crippen molar-refractivity contribution >= 4 is 24.4 Å². The van der Waals surface area contributed by atoms with E-state index < -0.39 is 19.7 Å². The van der Waals surface area contributed by atoms with Gasteiger partial charge in [0.2, 0.25) is 0 Å². The third-order valence-electron chi connectivity index (χ3n) is 4.08. The predicted octanol–water partition coefficient (Wildman–Crippen LogP) is 5.46. The fraction of sp³-hybridized carbons (Fsp3) is 0.263. The van der Waals surface area contributed by atoms with Crippen LogP contribution in [0.25, 0.3) is 11.1 Å². The zero-order chi connectivity index (χ0) is 16.5. The monoisotopic (exact) mass is 316 g/mol. The fourth-order valence-electron chi connectivity index (χ4n) is 2.42. The van der Waals surface area contributed by atoms with Gasteiger partial charge in [-0.1, -0.05) is 49.1 Å². The van der Waals surface area contributed by atoms with Crippen LogP contribution in [0.4, 0.5) is 8.78 Å². The molecular formula is C19H22F2Si. The molecule has 2 aromatic rings. The van der Waals surface area contributed by atoms with E-state index in [0.29, 0.717) is 5.56 Å². The van der Waals surface area contributed by atoms with Gasteiger partial charge in [0.05, 0.1) is 8.07 Å². The number of hydrogen-bond acceptors (Lipinski definition) is 0. The van der Waals surface area contributed by atoms with Crippen molar-refractivity contribution in [2.24, 2.45) is 0 Å². The summed E-state index contributed by atoms with van der Waals surface area (Å²) in [7, 11) is -1.32. The van der Waals surface area contributed by atoms with Gasteiger partial charge in [-0.2, -0.15) is 0 Å². The van der Waals surface area contributed by atoms with Crippen LogP contribution in [-0.2, 0) is 0 Å². The normalized spacial score (nSPS) is 13.0. The predicted molar refractivity (Wildman–Crippen MR) is 93.9 cm³/mol. The molecule has 0 heterocycles. The lowest BCUT2D eigenvalue weighted by atomic mass is 9.96. The Hall–Kier alpha value is -1.74. The molecule has 0 bridgehead atoms. The van der Waals surface area contributed by atoms with Gasteiger partial charge >= 0.3 is 0 Å². The fourth-order valence-corrected chi connectivity index (χ4v) is 3.59. The van der Waals surface area contributed by atoms with Gasteiger partial charge in [-0.25, -0.2) is 8.78 Å². The Kier molecular flexibility index (Phi) is 4.66. The Balaban J connectivity index is 2.45. The van der Waals surface area contributed by atoms with Gasteiger partial charge in [-0.15, -0.1) is 0 Å². The van der Waals surface area contributed by atoms with Gasteiger partial charge in [-0.05, 0) is 48.8 Å². The first kappa shape index (κ1) is 16.6. The molecule has 0 fully saturated rings. The second-order valence-corrected chi connectivity index (χ2v) is 11.8. The molecule has 0 N–H and O–H groups in total. The Labute approximate surface area is 132 Å². The van der Waals surface area contributed by atoms with Crippen LogP contribution in [0.3, 0.4) is 0 Å². The summed E-state index contributed by atoms with van der Waals surface area (Å²) in [4.78, 5) is 0. The summed E-state index contributed by atoms with van der Waals surface area (Å²) in [6.07, 6.45) is 0. The molecule has 116 valence electrons. The van der Waals surface area contributed by atoms with Crippen molar-refractivity contribution in [3.05, 3.63) is 65.2 Å². The SMILES string of the molecule is C/C(=C(\C)c1cc(F)ccc1F)c1ccc([Si](C)(C)C)cc1. The summed E-state index contributed by atoms with van der Waals surface area (Å²) in [5, 5.41) is 1.39. The van der Waals surface area contributed by atoms with Crippen molar-refractivity contribution in [2.75, 3.05) is 0 Å². The second kappa shape index (κ2) is 6.17. The van der Waals surface area contributed by atoms with Gasteiger partial charge in [0.15, 0.2) is 0 Å². The summed E-state index contributed by atoms with van der Waals surface area (Å²) in [5.41, 5.74) is 3.10. The third-order valence-corrected chi connectivity index (χ3v) is 6.14. The maximum absolute atomic E-state index is 13.9. The second-order valence-electron chi connectivity index (χ2n) is 6.70. The van der Waals surface area contributed by atoms with E-state index in [1.165, 1.54) is 17.3 Å². The molecule has 0 aromatic heterocycles.